The molecule has 1 aliphatic rings. The molecule has 2 aromatic rings. The van der Waals surface area contributed by atoms with E-state index in [1.54, 1.807) is 4.90 Å². The molecule has 1 saturated heterocycles. The normalized spacial score (nSPS) is 15.0. The molecule has 0 bridgehead atoms. The fraction of sp³-hybridized carbons (Fsp3) is 0.400. The Morgan fingerprint density at radius 2 is 1.87 bits per heavy atom. The lowest BCUT2D eigenvalue weighted by atomic mass is 10.2. The van der Waals surface area contributed by atoms with E-state index < -0.39 is 5.69 Å². The van der Waals surface area contributed by atoms with Gasteiger partial charge in [-0.05, 0) is 23.9 Å². The van der Waals surface area contributed by atoms with E-state index in [2.05, 4.69) is 4.98 Å². The Labute approximate surface area is 136 Å². The number of hydrogen-bond donors (Lipinski definition) is 1. The monoisotopic (exact) mass is 334 g/mol. The quantitative estimate of drug-likeness (QED) is 0.863. The lowest BCUT2D eigenvalue weighted by molar-refractivity contribution is 0.0751. The minimum atomic E-state index is -0.430. The number of nitrogens with one attached hydrogen (secondary N) is 1. The van der Waals surface area contributed by atoms with Gasteiger partial charge in [0.1, 0.15) is 5.82 Å². The third-order valence-electron chi connectivity index (χ3n) is 3.98. The van der Waals surface area contributed by atoms with E-state index in [9.17, 15) is 14.4 Å². The lowest BCUT2D eigenvalue weighted by Crippen LogP contribution is -2.49. The first-order valence-electron chi connectivity index (χ1n) is 7.35. The second-order valence-electron chi connectivity index (χ2n) is 5.62. The molecule has 1 fully saturated rings. The first-order chi connectivity index (χ1) is 11.0. The summed E-state index contributed by atoms with van der Waals surface area (Å²) in [6.07, 6.45) is 0. The smallest absolute Gasteiger partial charge is 0.329 e. The van der Waals surface area contributed by atoms with Gasteiger partial charge in [-0.15, -0.1) is 11.3 Å². The van der Waals surface area contributed by atoms with Crippen molar-refractivity contribution in [1.82, 2.24) is 14.5 Å². The van der Waals surface area contributed by atoms with Crippen LogP contribution in [-0.2, 0) is 7.05 Å². The van der Waals surface area contributed by atoms with Crippen LogP contribution in [0.3, 0.4) is 0 Å². The van der Waals surface area contributed by atoms with Gasteiger partial charge in [0.15, 0.2) is 0 Å². The fourth-order valence-corrected chi connectivity index (χ4v) is 3.43. The van der Waals surface area contributed by atoms with Gasteiger partial charge in [-0.1, -0.05) is 0 Å². The maximum Gasteiger partial charge on any atom is 0.329 e. The lowest BCUT2D eigenvalue weighted by Gasteiger charge is -2.35. The molecule has 1 N–H and O–H groups in total. The van der Waals surface area contributed by atoms with E-state index in [1.165, 1.54) is 24.5 Å². The van der Waals surface area contributed by atoms with Gasteiger partial charge in [0, 0.05) is 39.3 Å². The van der Waals surface area contributed by atoms with Crippen LogP contribution < -0.4 is 16.1 Å². The van der Waals surface area contributed by atoms with Crippen LogP contribution in [0.5, 0.6) is 0 Å². The third-order valence-corrected chi connectivity index (χ3v) is 5.02. The van der Waals surface area contributed by atoms with Crippen LogP contribution in [0.4, 0.5) is 5.82 Å². The summed E-state index contributed by atoms with van der Waals surface area (Å²) in [4.78, 5) is 43.0. The first-order valence-corrected chi connectivity index (χ1v) is 8.23. The molecular weight excluding hydrogens is 316 g/mol. The number of hydrogen-bond acceptors (Lipinski definition) is 5. The van der Waals surface area contributed by atoms with Crippen LogP contribution >= 0.6 is 11.3 Å². The Balaban J connectivity index is 1.70. The number of aromatic amines is 1. The van der Waals surface area contributed by atoms with Crippen LogP contribution in [-0.4, -0.2) is 46.5 Å². The van der Waals surface area contributed by atoms with Gasteiger partial charge in [-0.25, -0.2) is 4.79 Å². The van der Waals surface area contributed by atoms with Crippen molar-refractivity contribution < 1.29 is 4.79 Å². The zero-order valence-corrected chi connectivity index (χ0v) is 13.9. The van der Waals surface area contributed by atoms with Crippen molar-refractivity contribution in [3.05, 3.63) is 48.8 Å². The molecule has 23 heavy (non-hydrogen) atoms. The molecule has 122 valence electrons. The van der Waals surface area contributed by atoms with Crippen molar-refractivity contribution in [1.29, 1.82) is 0 Å². The largest absolute Gasteiger partial charge is 0.354 e. The van der Waals surface area contributed by atoms with E-state index >= 15 is 0 Å². The van der Waals surface area contributed by atoms with Crippen LogP contribution in [0.25, 0.3) is 0 Å². The van der Waals surface area contributed by atoms with Crippen molar-refractivity contribution >= 4 is 23.1 Å². The summed E-state index contributed by atoms with van der Waals surface area (Å²) in [5, 5.41) is 1.97. The summed E-state index contributed by atoms with van der Waals surface area (Å²) >= 11 is 1.46. The maximum absolute atomic E-state index is 12.4. The molecule has 0 spiro atoms. The Bertz CT molecular complexity index is 812. The minimum Gasteiger partial charge on any atom is -0.354 e. The fourth-order valence-electron chi connectivity index (χ4n) is 2.56. The second kappa shape index (κ2) is 6.04. The van der Waals surface area contributed by atoms with Gasteiger partial charge < -0.3 is 9.80 Å². The van der Waals surface area contributed by atoms with Gasteiger partial charge in [0.25, 0.3) is 11.5 Å². The molecule has 0 atom stereocenters. The summed E-state index contributed by atoms with van der Waals surface area (Å²) in [5.74, 6) is 0.553. The number of amides is 1. The summed E-state index contributed by atoms with van der Waals surface area (Å²) in [5.41, 5.74) is 0.325. The number of anilines is 1. The molecule has 0 aromatic carbocycles. The topological polar surface area (TPSA) is 78.4 Å². The van der Waals surface area contributed by atoms with Gasteiger partial charge >= 0.3 is 5.69 Å². The number of nitrogens with zero attached hydrogens (tertiary/aromatic N) is 3. The zero-order valence-electron chi connectivity index (χ0n) is 13.0. The Morgan fingerprint density at radius 1 is 1.17 bits per heavy atom. The zero-order chi connectivity index (χ0) is 16.6. The predicted octanol–water partition coefficient (Wildman–Crippen LogP) is 0.406. The molecule has 1 amide bonds. The van der Waals surface area contributed by atoms with Gasteiger partial charge in [-0.3, -0.25) is 19.1 Å². The number of rotatable bonds is 2. The number of carbonyl (C=O) groups excluding carboxylic acids is 1. The summed E-state index contributed by atoms with van der Waals surface area (Å²) in [7, 11) is 1.44. The predicted molar refractivity (Wildman–Crippen MR) is 89.5 cm³/mol. The summed E-state index contributed by atoms with van der Waals surface area (Å²) in [6, 6.07) is 3.32. The highest BCUT2D eigenvalue weighted by Gasteiger charge is 2.23. The molecule has 0 radical (unpaired) electrons. The van der Waals surface area contributed by atoms with E-state index in [4.69, 9.17) is 0 Å². The molecule has 3 rings (SSSR count). The number of carbonyl (C=O) groups is 1. The van der Waals surface area contributed by atoms with Crippen molar-refractivity contribution in [3.8, 4) is 0 Å². The van der Waals surface area contributed by atoms with Gasteiger partial charge in [0.05, 0.1) is 4.88 Å². The van der Waals surface area contributed by atoms with E-state index in [0.29, 0.717) is 32.0 Å². The number of H-pyrrole nitrogens is 1. The standard InChI is InChI=1S/C15H18N4O3S/c1-10-7-11(23-9-10)14(21)19-5-3-18(4-6-19)12-8-13(20)17(2)15(22)16-12/h7-9H,3-6H2,1-2H3,(H,16,22). The molecule has 1 aliphatic heterocycles. The van der Waals surface area contributed by atoms with Crippen LogP contribution in [0.2, 0.25) is 0 Å². The van der Waals surface area contributed by atoms with Crippen LogP contribution in [0, 0.1) is 6.92 Å². The average Bonchev–Trinajstić information content (AvgIpc) is 2.98. The Morgan fingerprint density at radius 3 is 2.43 bits per heavy atom. The number of aryl methyl sites for hydroxylation is 1. The summed E-state index contributed by atoms with van der Waals surface area (Å²) < 4.78 is 1.03. The number of thiophene rings is 1. The molecule has 3 heterocycles. The SMILES string of the molecule is Cc1csc(C(=O)N2CCN(c3cc(=O)n(C)c(=O)[nH]3)CC2)c1. The average molecular weight is 334 g/mol. The Kier molecular flexibility index (Phi) is 4.08. The molecular formula is C15H18N4O3S. The van der Waals surface area contributed by atoms with Gasteiger partial charge in [-0.2, -0.15) is 0 Å². The second-order valence-corrected chi connectivity index (χ2v) is 6.54. The highest BCUT2D eigenvalue weighted by atomic mass is 32.1. The van der Waals surface area contributed by atoms with Crippen molar-refractivity contribution in [3.63, 3.8) is 0 Å². The maximum atomic E-state index is 12.4. The van der Waals surface area contributed by atoms with Crippen LogP contribution in [0.1, 0.15) is 15.2 Å². The summed E-state index contributed by atoms with van der Waals surface area (Å²) in [6.45, 7) is 4.26. The number of aromatic nitrogens is 2. The number of piperazine rings is 1. The first kappa shape index (κ1) is 15.5. The van der Waals surface area contributed by atoms with E-state index in [0.717, 1.165) is 15.0 Å². The van der Waals surface area contributed by atoms with Crippen molar-refractivity contribution in [2.75, 3.05) is 31.1 Å². The van der Waals surface area contributed by atoms with Crippen molar-refractivity contribution in [2.24, 2.45) is 7.05 Å². The van der Waals surface area contributed by atoms with E-state index in [-0.39, 0.29) is 11.5 Å². The van der Waals surface area contributed by atoms with Gasteiger partial charge in [0.2, 0.25) is 0 Å². The molecule has 8 heteroatoms. The third kappa shape index (κ3) is 3.07. The molecule has 7 nitrogen and oxygen atoms in total. The Hall–Kier alpha value is -2.35. The highest BCUT2D eigenvalue weighted by Crippen LogP contribution is 2.18. The molecule has 0 saturated carbocycles. The van der Waals surface area contributed by atoms with Crippen molar-refractivity contribution in [2.45, 2.75) is 6.92 Å². The highest BCUT2D eigenvalue weighted by molar-refractivity contribution is 7.12. The molecule has 0 unspecified atom stereocenters. The molecule has 0 aliphatic carbocycles. The van der Waals surface area contributed by atoms with E-state index in [1.807, 2.05) is 23.3 Å². The molecule has 2 aromatic heterocycles. The van der Waals surface area contributed by atoms with Crippen LogP contribution in [0.15, 0.2) is 27.1 Å². The minimum absolute atomic E-state index is 0.0419.